The van der Waals surface area contributed by atoms with Crippen molar-refractivity contribution >= 4 is 39.3 Å². The number of halogens is 1. The second-order valence-corrected chi connectivity index (χ2v) is 8.13. The zero-order valence-electron chi connectivity index (χ0n) is 16.6. The van der Waals surface area contributed by atoms with Gasteiger partial charge in [-0.2, -0.15) is 4.98 Å². The molecule has 1 aliphatic rings. The first-order valence-corrected chi connectivity index (χ1v) is 11.3. The number of hydrogen-bond acceptors (Lipinski definition) is 7. The third-order valence-corrected chi connectivity index (χ3v) is 5.60. The number of para-hydroxylation sites is 1. The number of fused-ring (bicyclic) bond motifs is 3. The van der Waals surface area contributed by atoms with E-state index in [1.54, 1.807) is 4.90 Å². The van der Waals surface area contributed by atoms with Crippen LogP contribution in [0, 0.1) is 0 Å². The fourth-order valence-electron chi connectivity index (χ4n) is 3.34. The number of carbonyl (C=O) groups excluding carboxylic acids is 1. The van der Waals surface area contributed by atoms with Gasteiger partial charge in [-0.25, -0.2) is 0 Å². The molecule has 0 bridgehead atoms. The molecule has 0 fully saturated rings. The van der Waals surface area contributed by atoms with Gasteiger partial charge in [-0.15, -0.1) is 10.2 Å². The highest BCUT2D eigenvalue weighted by molar-refractivity contribution is 9.10. The summed E-state index contributed by atoms with van der Waals surface area (Å²) in [6.07, 6.45) is 1.07. The molecule has 9 heteroatoms. The Morgan fingerprint density at radius 2 is 2.07 bits per heavy atom. The second kappa shape index (κ2) is 8.61. The Labute approximate surface area is 186 Å². The molecule has 0 saturated carbocycles. The van der Waals surface area contributed by atoms with Crippen LogP contribution in [0.2, 0.25) is 0 Å². The summed E-state index contributed by atoms with van der Waals surface area (Å²) in [6, 6.07) is 13.1. The molecule has 3 aromatic rings. The summed E-state index contributed by atoms with van der Waals surface area (Å²) in [5.41, 5.74) is 2.59. The number of anilines is 1. The molecule has 0 saturated heterocycles. The summed E-state index contributed by atoms with van der Waals surface area (Å²) < 4.78 is 13.0. The summed E-state index contributed by atoms with van der Waals surface area (Å²) in [4.78, 5) is 19.0. The lowest BCUT2D eigenvalue weighted by atomic mass is 10.1. The molecule has 0 aliphatic carbocycles. The minimum Gasteiger partial charge on any atom is -0.493 e. The molecule has 0 unspecified atom stereocenters. The standard InChI is InChI=1S/C21H19BrN4O3S/c1-4-28-17-10-9-13(22)11-15(17)20-26(12(2)27)16-8-6-5-7-14(16)18-19(29-20)23-21(30-3)25-24-18/h5-11,20H,4H2,1-3H3/t20-/m0/s1. The van der Waals surface area contributed by atoms with Crippen LogP contribution in [-0.2, 0) is 4.79 Å². The van der Waals surface area contributed by atoms with Gasteiger partial charge in [-0.3, -0.25) is 9.69 Å². The lowest BCUT2D eigenvalue weighted by Gasteiger charge is -2.31. The van der Waals surface area contributed by atoms with Crippen LogP contribution in [0.1, 0.15) is 25.6 Å². The highest BCUT2D eigenvalue weighted by atomic mass is 79.9. The number of ether oxygens (including phenoxy) is 2. The molecule has 2 heterocycles. The van der Waals surface area contributed by atoms with Gasteiger partial charge in [-0.1, -0.05) is 45.9 Å². The van der Waals surface area contributed by atoms with E-state index in [-0.39, 0.29) is 5.91 Å². The van der Waals surface area contributed by atoms with Crippen LogP contribution in [0.3, 0.4) is 0 Å². The Balaban J connectivity index is 1.99. The van der Waals surface area contributed by atoms with Crippen molar-refractivity contribution in [3.8, 4) is 22.9 Å². The summed E-state index contributed by atoms with van der Waals surface area (Å²) in [7, 11) is 0. The predicted molar refractivity (Wildman–Crippen MR) is 119 cm³/mol. The molecule has 1 aromatic heterocycles. The molecule has 1 atom stereocenters. The molecular weight excluding hydrogens is 468 g/mol. The number of benzene rings is 2. The minimum atomic E-state index is -0.796. The second-order valence-electron chi connectivity index (χ2n) is 6.44. The monoisotopic (exact) mass is 486 g/mol. The first-order valence-electron chi connectivity index (χ1n) is 9.30. The van der Waals surface area contributed by atoms with Crippen LogP contribution in [0.15, 0.2) is 52.1 Å². The van der Waals surface area contributed by atoms with E-state index < -0.39 is 6.23 Å². The maximum Gasteiger partial charge on any atom is 0.247 e. The van der Waals surface area contributed by atoms with E-state index in [4.69, 9.17) is 9.47 Å². The molecule has 1 amide bonds. The largest absolute Gasteiger partial charge is 0.493 e. The summed E-state index contributed by atoms with van der Waals surface area (Å²) in [5.74, 6) is 0.767. The van der Waals surface area contributed by atoms with Gasteiger partial charge in [0.1, 0.15) is 5.75 Å². The third kappa shape index (κ3) is 3.75. The van der Waals surface area contributed by atoms with E-state index in [9.17, 15) is 4.79 Å². The van der Waals surface area contributed by atoms with Crippen molar-refractivity contribution in [1.82, 2.24) is 15.2 Å². The number of nitrogens with zero attached hydrogens (tertiary/aromatic N) is 4. The van der Waals surface area contributed by atoms with Crippen molar-refractivity contribution in [2.45, 2.75) is 25.2 Å². The molecular formula is C21H19BrN4O3S. The highest BCUT2D eigenvalue weighted by Crippen LogP contribution is 2.45. The van der Waals surface area contributed by atoms with Crippen molar-refractivity contribution in [3.63, 3.8) is 0 Å². The molecule has 1 aliphatic heterocycles. The number of rotatable bonds is 4. The van der Waals surface area contributed by atoms with E-state index in [0.29, 0.717) is 40.3 Å². The quantitative estimate of drug-likeness (QED) is 0.486. The van der Waals surface area contributed by atoms with Gasteiger partial charge in [-0.05, 0) is 37.4 Å². The molecule has 0 spiro atoms. The maximum atomic E-state index is 12.9. The van der Waals surface area contributed by atoms with Crippen molar-refractivity contribution in [2.24, 2.45) is 0 Å². The average Bonchev–Trinajstić information content (AvgIpc) is 2.89. The van der Waals surface area contributed by atoms with E-state index in [0.717, 1.165) is 10.0 Å². The molecule has 30 heavy (non-hydrogen) atoms. The van der Waals surface area contributed by atoms with Gasteiger partial charge in [0.15, 0.2) is 5.69 Å². The van der Waals surface area contributed by atoms with Crippen LogP contribution >= 0.6 is 27.7 Å². The van der Waals surface area contributed by atoms with Crippen molar-refractivity contribution in [1.29, 1.82) is 0 Å². The van der Waals surface area contributed by atoms with Crippen LogP contribution in [0.5, 0.6) is 11.6 Å². The van der Waals surface area contributed by atoms with Crippen molar-refractivity contribution in [3.05, 3.63) is 52.5 Å². The molecule has 4 rings (SSSR count). The molecule has 7 nitrogen and oxygen atoms in total. The third-order valence-electron chi connectivity index (χ3n) is 4.57. The molecule has 0 radical (unpaired) electrons. The highest BCUT2D eigenvalue weighted by Gasteiger charge is 2.36. The molecule has 2 aromatic carbocycles. The zero-order valence-corrected chi connectivity index (χ0v) is 19.0. The topological polar surface area (TPSA) is 77.4 Å². The molecule has 0 N–H and O–H groups in total. The average molecular weight is 487 g/mol. The fraction of sp³-hybridized carbons (Fsp3) is 0.238. The number of thioether (sulfide) groups is 1. The number of hydrogen-bond donors (Lipinski definition) is 0. The van der Waals surface area contributed by atoms with E-state index in [2.05, 4.69) is 31.1 Å². The number of aromatic nitrogens is 3. The predicted octanol–water partition coefficient (Wildman–Crippen LogP) is 4.87. The number of carbonyl (C=O) groups is 1. The van der Waals surface area contributed by atoms with Crippen LogP contribution < -0.4 is 14.4 Å². The van der Waals surface area contributed by atoms with Crippen molar-refractivity contribution < 1.29 is 14.3 Å². The number of amides is 1. The lowest BCUT2D eigenvalue weighted by molar-refractivity contribution is -0.118. The summed E-state index contributed by atoms with van der Waals surface area (Å²) in [5, 5.41) is 9.01. The van der Waals surface area contributed by atoms with E-state index >= 15 is 0 Å². The fourth-order valence-corrected chi connectivity index (χ4v) is 4.02. The van der Waals surface area contributed by atoms with E-state index in [1.165, 1.54) is 18.7 Å². The first kappa shape index (κ1) is 20.6. The Morgan fingerprint density at radius 1 is 1.27 bits per heavy atom. The lowest BCUT2D eigenvalue weighted by Crippen LogP contribution is -2.36. The Morgan fingerprint density at radius 3 is 2.80 bits per heavy atom. The smallest absolute Gasteiger partial charge is 0.247 e. The summed E-state index contributed by atoms with van der Waals surface area (Å²) >= 11 is 4.89. The normalized spacial score (nSPS) is 14.9. The van der Waals surface area contributed by atoms with Gasteiger partial charge in [0.25, 0.3) is 0 Å². The SMILES string of the molecule is CCOc1ccc(Br)cc1[C@@H]1Oc2nc(SC)nnc2-c2ccccc2N1C(C)=O. The van der Waals surface area contributed by atoms with Crippen molar-refractivity contribution in [2.75, 3.05) is 17.8 Å². The van der Waals surface area contributed by atoms with Gasteiger partial charge < -0.3 is 9.47 Å². The maximum absolute atomic E-state index is 12.9. The Bertz CT molecular complexity index is 1110. The Kier molecular flexibility index (Phi) is 5.92. The zero-order chi connectivity index (χ0) is 21.3. The van der Waals surface area contributed by atoms with E-state index in [1.807, 2.05) is 55.6 Å². The van der Waals surface area contributed by atoms with Crippen LogP contribution in [0.25, 0.3) is 11.3 Å². The molecule has 154 valence electrons. The Hall–Kier alpha value is -2.65. The van der Waals surface area contributed by atoms with Gasteiger partial charge >= 0.3 is 0 Å². The van der Waals surface area contributed by atoms with Gasteiger partial charge in [0, 0.05) is 17.0 Å². The van der Waals surface area contributed by atoms with Crippen LogP contribution in [-0.4, -0.2) is 34.0 Å². The van der Waals surface area contributed by atoms with Gasteiger partial charge in [0.05, 0.1) is 17.9 Å². The minimum absolute atomic E-state index is 0.180. The van der Waals surface area contributed by atoms with Crippen LogP contribution in [0.4, 0.5) is 5.69 Å². The summed E-state index contributed by atoms with van der Waals surface area (Å²) in [6.45, 7) is 3.90. The first-order chi connectivity index (χ1) is 14.5. The van der Waals surface area contributed by atoms with Gasteiger partial charge in [0.2, 0.25) is 23.2 Å².